The quantitative estimate of drug-likeness (QED) is 0.386. The van der Waals surface area contributed by atoms with Crippen LogP contribution in [0.1, 0.15) is 63.7 Å². The van der Waals surface area contributed by atoms with Gasteiger partial charge in [-0.2, -0.15) is 0 Å². The summed E-state index contributed by atoms with van der Waals surface area (Å²) in [6.45, 7) is 4.47. The first-order chi connectivity index (χ1) is 13.4. The third-order valence-electron chi connectivity index (χ3n) is 4.70. The number of hydrogen-bond donors (Lipinski definition) is 2. The summed E-state index contributed by atoms with van der Waals surface area (Å²) in [4.78, 5) is 25.7. The van der Waals surface area contributed by atoms with E-state index in [0.717, 1.165) is 12.8 Å². The van der Waals surface area contributed by atoms with E-state index in [1.54, 1.807) is 6.92 Å². The molecule has 1 aliphatic rings. The van der Waals surface area contributed by atoms with E-state index >= 15 is 0 Å². The fourth-order valence-electron chi connectivity index (χ4n) is 3.03. The van der Waals surface area contributed by atoms with Crippen molar-refractivity contribution in [2.45, 2.75) is 77.2 Å². The van der Waals surface area contributed by atoms with Gasteiger partial charge >= 0.3 is 12.8 Å². The lowest BCUT2D eigenvalue weighted by Gasteiger charge is -2.14. The van der Waals surface area contributed by atoms with E-state index in [1.807, 2.05) is 0 Å². The second-order valence-electron chi connectivity index (χ2n) is 7.03. The van der Waals surface area contributed by atoms with Gasteiger partial charge in [-0.15, -0.1) is 9.05 Å². The third kappa shape index (κ3) is 7.13. The Morgan fingerprint density at radius 3 is 2.75 bits per heavy atom. The van der Waals surface area contributed by atoms with Gasteiger partial charge in [-0.3, -0.25) is 14.3 Å². The van der Waals surface area contributed by atoms with E-state index in [4.69, 9.17) is 25.6 Å². The highest BCUT2D eigenvalue weighted by atomic mass is 32.4. The average molecular weight is 433 g/mol. The van der Waals surface area contributed by atoms with Crippen LogP contribution < -0.4 is 11.2 Å². The predicted molar refractivity (Wildman–Crippen MR) is 110 cm³/mol. The Labute approximate surface area is 170 Å². The second-order valence-corrected chi connectivity index (χ2v) is 8.89. The molecule has 1 aliphatic heterocycles. The Balaban J connectivity index is 1.72. The number of aromatic amines is 1. The zero-order valence-electron chi connectivity index (χ0n) is 16.5. The molecule has 28 heavy (non-hydrogen) atoms. The van der Waals surface area contributed by atoms with Crippen LogP contribution in [0.2, 0.25) is 0 Å². The van der Waals surface area contributed by atoms with Crippen LogP contribution in [0.4, 0.5) is 0 Å². The van der Waals surface area contributed by atoms with Crippen molar-refractivity contribution in [3.8, 4) is 0 Å². The highest BCUT2D eigenvalue weighted by molar-refractivity contribution is 8.00. The van der Waals surface area contributed by atoms with Gasteiger partial charge in [0, 0.05) is 18.2 Å². The molecule has 2 rings (SSSR count). The fourth-order valence-corrected chi connectivity index (χ4v) is 4.06. The van der Waals surface area contributed by atoms with E-state index in [-0.39, 0.29) is 13.0 Å². The molecule has 2 N–H and O–H groups in total. The second kappa shape index (κ2) is 11.9. The largest absolute Gasteiger partial charge is 0.521 e. The van der Waals surface area contributed by atoms with Gasteiger partial charge in [0.2, 0.25) is 11.8 Å². The average Bonchev–Trinajstić information content (AvgIpc) is 3.02. The van der Waals surface area contributed by atoms with Crippen LogP contribution in [0.3, 0.4) is 0 Å². The van der Waals surface area contributed by atoms with Crippen molar-refractivity contribution in [2.75, 3.05) is 13.2 Å². The predicted octanol–water partition coefficient (Wildman–Crippen LogP) is 2.66. The Kier molecular flexibility index (Phi) is 9.91. The maximum absolute atomic E-state index is 12.0. The summed E-state index contributed by atoms with van der Waals surface area (Å²) in [5, 5.41) is 10.2. The molecule has 1 unspecified atom stereocenters. The maximum atomic E-state index is 12.0. The Morgan fingerprint density at radius 2 is 2.00 bits per heavy atom. The molecule has 4 atom stereocenters. The lowest BCUT2D eigenvalue weighted by Crippen LogP contribution is -2.33. The van der Waals surface area contributed by atoms with Gasteiger partial charge in [-0.1, -0.05) is 39.0 Å². The van der Waals surface area contributed by atoms with Crippen LogP contribution in [0.25, 0.3) is 0 Å². The lowest BCUT2D eigenvalue weighted by molar-refractivity contribution is -0.0405. The Morgan fingerprint density at radius 1 is 1.29 bits per heavy atom. The summed E-state index contributed by atoms with van der Waals surface area (Å²) in [6, 6.07) is 0. The lowest BCUT2D eigenvalue weighted by atomic mass is 10.1. The van der Waals surface area contributed by atoms with Crippen LogP contribution in [0.5, 0.6) is 0 Å². The molecule has 2 heterocycles. The van der Waals surface area contributed by atoms with Gasteiger partial charge in [-0.25, -0.2) is 4.79 Å². The number of aryl methyl sites for hydroxylation is 1. The van der Waals surface area contributed by atoms with E-state index in [2.05, 4.69) is 11.9 Å². The van der Waals surface area contributed by atoms with E-state index in [1.165, 1.54) is 36.4 Å². The van der Waals surface area contributed by atoms with Crippen molar-refractivity contribution in [2.24, 2.45) is 0 Å². The third-order valence-corrected chi connectivity index (χ3v) is 6.08. The van der Waals surface area contributed by atoms with Crippen LogP contribution >= 0.6 is 7.15 Å². The summed E-state index contributed by atoms with van der Waals surface area (Å²) in [7, 11) is -1.45. The molecule has 0 radical (unpaired) electrons. The zero-order valence-corrected chi connectivity index (χ0v) is 18.2. The molecule has 0 aromatic carbocycles. The van der Waals surface area contributed by atoms with Gasteiger partial charge in [0.15, 0.2) is 0 Å². The van der Waals surface area contributed by atoms with Gasteiger partial charge < -0.3 is 9.84 Å². The standard InChI is InChI=1S/C18H29N2O6PS/c1-3-4-5-6-7-8-9-24-27(28)25-12-15-14(21)10-16(26-15)20-11-13(2)17(22)19-18(20)23/h11,14-16,21H,3-10,12H2,1-2H3/p+1/t14-,15-,16-/m1/s1. The summed E-state index contributed by atoms with van der Waals surface area (Å²) in [5.41, 5.74) is -0.601. The van der Waals surface area contributed by atoms with Crippen molar-refractivity contribution in [1.29, 1.82) is 0 Å². The number of hydrogen-bond acceptors (Lipinski definition) is 7. The van der Waals surface area contributed by atoms with Crippen LogP contribution in [-0.2, 0) is 25.6 Å². The van der Waals surface area contributed by atoms with Gasteiger partial charge in [-0.05, 0) is 13.3 Å². The van der Waals surface area contributed by atoms with Crippen LogP contribution in [0.15, 0.2) is 15.8 Å². The van der Waals surface area contributed by atoms with E-state index in [9.17, 15) is 14.7 Å². The number of aliphatic hydroxyl groups excluding tert-OH is 1. The molecule has 0 bridgehead atoms. The molecule has 1 saturated heterocycles. The molecular formula is C18H30N2O6PS+. The minimum atomic E-state index is -1.45. The number of nitrogens with zero attached hydrogens (tertiary/aromatic N) is 1. The van der Waals surface area contributed by atoms with Crippen LogP contribution in [-0.4, -0.2) is 40.1 Å². The van der Waals surface area contributed by atoms with Crippen molar-refractivity contribution in [1.82, 2.24) is 9.55 Å². The first-order valence-electron chi connectivity index (χ1n) is 9.81. The molecule has 1 aromatic rings. The zero-order chi connectivity index (χ0) is 20.5. The summed E-state index contributed by atoms with van der Waals surface area (Å²) >= 11 is 5.19. The molecule has 1 aromatic heterocycles. The Bertz CT molecular complexity index is 752. The number of aromatic nitrogens is 2. The monoisotopic (exact) mass is 433 g/mol. The normalized spacial score (nSPS) is 22.5. The summed E-state index contributed by atoms with van der Waals surface area (Å²) < 4.78 is 18.1. The number of unbranched alkanes of at least 4 members (excludes halogenated alkanes) is 5. The summed E-state index contributed by atoms with van der Waals surface area (Å²) in [5.74, 6) is 0. The molecule has 10 heteroatoms. The fraction of sp³-hybridized carbons (Fsp3) is 0.778. The molecule has 0 saturated carbocycles. The minimum Gasteiger partial charge on any atom is -0.390 e. The van der Waals surface area contributed by atoms with Gasteiger partial charge in [0.05, 0.1) is 6.10 Å². The first-order valence-corrected chi connectivity index (χ1v) is 12.0. The van der Waals surface area contributed by atoms with Crippen molar-refractivity contribution in [3.05, 3.63) is 32.6 Å². The number of nitrogens with one attached hydrogen (secondary N) is 1. The topological polar surface area (TPSA) is 103 Å². The Hall–Kier alpha value is -0.960. The molecular weight excluding hydrogens is 403 g/mol. The number of rotatable bonds is 12. The molecule has 0 amide bonds. The molecule has 0 aliphatic carbocycles. The highest BCUT2D eigenvalue weighted by Gasteiger charge is 2.37. The molecule has 0 spiro atoms. The van der Waals surface area contributed by atoms with Crippen molar-refractivity contribution in [3.63, 3.8) is 0 Å². The van der Waals surface area contributed by atoms with E-state index in [0.29, 0.717) is 12.2 Å². The maximum Gasteiger partial charge on any atom is 0.521 e. The van der Waals surface area contributed by atoms with Gasteiger partial charge in [0.25, 0.3) is 5.56 Å². The minimum absolute atomic E-state index is 0.0977. The van der Waals surface area contributed by atoms with Crippen molar-refractivity contribution < 1.29 is 18.9 Å². The smallest absolute Gasteiger partial charge is 0.390 e. The highest BCUT2D eigenvalue weighted by Crippen LogP contribution is 2.31. The van der Waals surface area contributed by atoms with Crippen LogP contribution in [0, 0.1) is 6.92 Å². The SMILES string of the molecule is CCCCCCCCO[P+](=S)OC[C@H]1O[C@@H](n2cc(C)c(=O)[nH]c2=O)C[C@H]1O. The number of H-pyrrole nitrogens is 1. The number of aliphatic hydroxyl groups is 1. The van der Waals surface area contributed by atoms with E-state index < -0.39 is 36.8 Å². The van der Waals surface area contributed by atoms with Crippen molar-refractivity contribution >= 4 is 19.0 Å². The first kappa shape index (κ1) is 23.3. The molecule has 8 nitrogen and oxygen atoms in total. The molecule has 1 fully saturated rings. The van der Waals surface area contributed by atoms with Gasteiger partial charge in [0.1, 0.15) is 25.5 Å². The molecule has 158 valence electrons. The number of ether oxygens (including phenoxy) is 1. The summed E-state index contributed by atoms with van der Waals surface area (Å²) in [6.07, 6.45) is 6.66.